The fourth-order valence-electron chi connectivity index (χ4n) is 6.69. The van der Waals surface area contributed by atoms with Gasteiger partial charge < -0.3 is 29.7 Å². The predicted octanol–water partition coefficient (Wildman–Crippen LogP) is 3.85. The maximum Gasteiger partial charge on any atom is 0.408 e. The molecular weight excluding hydrogens is 715 g/mol. The molecule has 0 spiro atoms. The number of hydrogen-bond donors (Lipinski definition) is 3. The summed E-state index contributed by atoms with van der Waals surface area (Å²) in [4.78, 5) is 61.4. The van der Waals surface area contributed by atoms with E-state index in [-0.39, 0.29) is 19.4 Å². The number of alkyl carbamates (subject to hydrolysis) is 1. The van der Waals surface area contributed by atoms with Crippen LogP contribution in [-0.2, 0) is 33.9 Å². The zero-order valence-corrected chi connectivity index (χ0v) is 31.9. The quantitative estimate of drug-likeness (QED) is 0.217. The number of nitrogens with zero attached hydrogens (tertiary/aromatic N) is 2. The second kappa shape index (κ2) is 15.0. The molecule has 4 amide bonds. The van der Waals surface area contributed by atoms with Crippen LogP contribution in [-0.4, -0.2) is 96.5 Å². The summed E-state index contributed by atoms with van der Waals surface area (Å²) < 4.78 is 45.1. The number of amides is 4. The lowest BCUT2D eigenvalue weighted by molar-refractivity contribution is -0.143. The highest BCUT2D eigenvalue weighted by atomic mass is 32.2. The Morgan fingerprint density at radius 3 is 2.37 bits per heavy atom. The molecular formula is C39H47N5O9S. The van der Waals surface area contributed by atoms with Gasteiger partial charge in [-0.15, -0.1) is 6.58 Å². The van der Waals surface area contributed by atoms with Crippen LogP contribution in [0.15, 0.2) is 73.3 Å². The Labute approximate surface area is 315 Å². The molecule has 2 saturated carbocycles. The summed E-state index contributed by atoms with van der Waals surface area (Å²) in [6.07, 6.45) is 0.0341. The van der Waals surface area contributed by atoms with Gasteiger partial charge >= 0.3 is 6.09 Å². The third kappa shape index (κ3) is 8.36. The predicted molar refractivity (Wildman–Crippen MR) is 201 cm³/mol. The topological polar surface area (TPSA) is 182 Å². The molecule has 0 bridgehead atoms. The summed E-state index contributed by atoms with van der Waals surface area (Å²) in [5.41, 5.74) is -0.907. The minimum absolute atomic E-state index is 0.0134. The van der Waals surface area contributed by atoms with Crippen LogP contribution in [0.3, 0.4) is 0 Å². The molecule has 2 aromatic carbocycles. The first-order chi connectivity index (χ1) is 25.5. The van der Waals surface area contributed by atoms with E-state index < -0.39 is 80.4 Å². The van der Waals surface area contributed by atoms with E-state index in [1.807, 2.05) is 60.7 Å². The Balaban J connectivity index is 1.32. The molecule has 14 nitrogen and oxygen atoms in total. The number of benzene rings is 2. The summed E-state index contributed by atoms with van der Waals surface area (Å²) in [7, 11) is -2.53. The van der Waals surface area contributed by atoms with Crippen molar-refractivity contribution in [1.82, 2.24) is 25.2 Å². The van der Waals surface area contributed by atoms with Crippen LogP contribution in [0.4, 0.5) is 4.79 Å². The highest BCUT2D eigenvalue weighted by Crippen LogP contribution is 2.45. The van der Waals surface area contributed by atoms with Crippen molar-refractivity contribution in [3.8, 4) is 17.1 Å². The summed E-state index contributed by atoms with van der Waals surface area (Å²) >= 11 is 0. The van der Waals surface area contributed by atoms with Crippen LogP contribution in [0.25, 0.3) is 22.0 Å². The number of methoxy groups -OCH3 is 1. The molecule has 1 aliphatic heterocycles. The third-order valence-corrected chi connectivity index (χ3v) is 11.7. The molecule has 6 atom stereocenters. The van der Waals surface area contributed by atoms with Crippen molar-refractivity contribution < 1.29 is 41.8 Å². The molecule has 3 fully saturated rings. The smallest absolute Gasteiger partial charge is 0.408 e. The van der Waals surface area contributed by atoms with Gasteiger partial charge in [0.05, 0.1) is 23.6 Å². The number of pyridine rings is 1. The van der Waals surface area contributed by atoms with Crippen molar-refractivity contribution >= 4 is 44.6 Å². The molecule has 1 aromatic heterocycles. The normalized spacial score (nSPS) is 23.5. The first kappa shape index (κ1) is 38.7. The molecule has 6 rings (SSSR count). The highest BCUT2D eigenvalue weighted by Gasteiger charge is 2.62. The maximum atomic E-state index is 14.5. The summed E-state index contributed by atoms with van der Waals surface area (Å²) in [6.45, 7) is 10.3. The molecule has 15 heteroatoms. The van der Waals surface area contributed by atoms with Crippen LogP contribution in [0, 0.1) is 5.92 Å². The lowest BCUT2D eigenvalue weighted by Crippen LogP contribution is -2.60. The molecule has 3 aliphatic rings. The lowest BCUT2D eigenvalue weighted by Gasteiger charge is -2.32. The Bertz CT molecular complexity index is 2050. The molecule has 2 unspecified atom stereocenters. The largest absolute Gasteiger partial charge is 0.472 e. The Kier molecular flexibility index (Phi) is 10.8. The van der Waals surface area contributed by atoms with Crippen molar-refractivity contribution in [1.29, 1.82) is 0 Å². The van der Waals surface area contributed by atoms with Crippen LogP contribution < -0.4 is 20.1 Å². The zero-order valence-electron chi connectivity index (χ0n) is 31.0. The van der Waals surface area contributed by atoms with Gasteiger partial charge in [0.1, 0.15) is 29.3 Å². The van der Waals surface area contributed by atoms with E-state index in [2.05, 4.69) is 21.9 Å². The maximum absolute atomic E-state index is 14.5. The number of hydrogen-bond acceptors (Lipinski definition) is 10. The minimum Gasteiger partial charge on any atom is -0.472 e. The van der Waals surface area contributed by atoms with Crippen molar-refractivity contribution in [3.05, 3.63) is 73.3 Å². The Morgan fingerprint density at radius 2 is 1.74 bits per heavy atom. The van der Waals surface area contributed by atoms with Crippen molar-refractivity contribution in [2.75, 3.05) is 13.7 Å². The van der Waals surface area contributed by atoms with Gasteiger partial charge in [0.15, 0.2) is 0 Å². The van der Waals surface area contributed by atoms with Gasteiger partial charge in [-0.2, -0.15) is 0 Å². The van der Waals surface area contributed by atoms with Gasteiger partial charge in [-0.05, 0) is 64.5 Å². The number of carbonyl (C=O) groups excluding carboxylic acids is 4. The molecule has 3 N–H and O–H groups in total. The summed E-state index contributed by atoms with van der Waals surface area (Å²) in [5.74, 6) is -2.45. The first-order valence-corrected chi connectivity index (χ1v) is 19.5. The molecule has 1 saturated heterocycles. The number of sulfonamides is 1. The molecule has 288 valence electrons. The average Bonchev–Trinajstić information content (AvgIpc) is 4.06. The fraction of sp³-hybridized carbons (Fsp3) is 0.462. The number of rotatable bonds is 13. The molecule has 54 heavy (non-hydrogen) atoms. The van der Waals surface area contributed by atoms with E-state index in [1.54, 1.807) is 27.7 Å². The number of aromatic nitrogens is 1. The van der Waals surface area contributed by atoms with E-state index in [1.165, 1.54) is 18.1 Å². The van der Waals surface area contributed by atoms with Gasteiger partial charge in [0, 0.05) is 30.4 Å². The molecule has 2 heterocycles. The average molecular weight is 762 g/mol. The fourth-order valence-corrected chi connectivity index (χ4v) is 8.06. The van der Waals surface area contributed by atoms with Gasteiger partial charge in [0.2, 0.25) is 27.7 Å². The second-order valence-electron chi connectivity index (χ2n) is 15.1. The van der Waals surface area contributed by atoms with E-state index in [4.69, 9.17) is 19.2 Å². The van der Waals surface area contributed by atoms with Crippen molar-refractivity contribution in [2.24, 2.45) is 5.92 Å². The zero-order chi connectivity index (χ0) is 39.0. The standard InChI is InChI=1S/C39H47N5O9S/c1-7-26-21-39(26,36(47)43-54(49,50)28-17-18-28)42-33(45)31-20-27(22-44(31)35(46)32(23(2)51-6)41-37(48)53-38(3,4)5)52-34-29-16-12-11-15-25(29)19-30(40-34)24-13-9-8-10-14-24/h7-16,19,23,26-28,31-32H,1,17-18,20-22H2,2-6H3,(H,41,48)(H,42,45)(H,43,47)/t23-,26+,27?,31-,32?,39+/m0/s1. The number of carbonyl (C=O) groups is 4. The van der Waals surface area contributed by atoms with Gasteiger partial charge in [-0.1, -0.05) is 54.6 Å². The summed E-state index contributed by atoms with van der Waals surface area (Å²) in [5, 5.41) is 6.32. The summed E-state index contributed by atoms with van der Waals surface area (Å²) in [6, 6.07) is 16.6. The molecule has 3 aromatic rings. The Hall–Kier alpha value is -5.02. The molecule has 0 radical (unpaired) electrons. The number of fused-ring (bicyclic) bond motifs is 1. The molecule has 2 aliphatic carbocycles. The van der Waals surface area contributed by atoms with Crippen molar-refractivity contribution in [2.45, 2.75) is 94.1 Å². The minimum atomic E-state index is -3.92. The Morgan fingerprint density at radius 1 is 1.06 bits per heavy atom. The van der Waals surface area contributed by atoms with E-state index >= 15 is 0 Å². The van der Waals surface area contributed by atoms with Crippen LogP contribution in [0.2, 0.25) is 0 Å². The number of likely N-dealkylation sites (tertiary alicyclic amines) is 1. The van der Waals surface area contributed by atoms with Crippen molar-refractivity contribution in [3.63, 3.8) is 0 Å². The monoisotopic (exact) mass is 761 g/mol. The third-order valence-electron chi connectivity index (χ3n) is 9.93. The number of ether oxygens (including phenoxy) is 3. The van der Waals surface area contributed by atoms with Crippen LogP contribution in [0.5, 0.6) is 5.88 Å². The van der Waals surface area contributed by atoms with Gasteiger partial charge in [0.25, 0.3) is 5.91 Å². The van der Waals surface area contributed by atoms with E-state index in [0.717, 1.165) is 16.3 Å². The SMILES string of the molecule is C=C[C@@H]1C[C@]1(NC(=O)[C@@H]1CC(Oc2nc(-c3ccccc3)cc3ccccc23)CN1C(=O)C(NC(=O)OC(C)(C)C)[C@H](C)OC)C(=O)NS(=O)(=O)C1CC1. The van der Waals surface area contributed by atoms with E-state index in [9.17, 15) is 27.6 Å². The van der Waals surface area contributed by atoms with E-state index in [0.29, 0.717) is 24.4 Å². The first-order valence-electron chi connectivity index (χ1n) is 18.0. The highest BCUT2D eigenvalue weighted by molar-refractivity contribution is 7.91. The van der Waals surface area contributed by atoms with Crippen LogP contribution in [0.1, 0.15) is 53.4 Å². The van der Waals surface area contributed by atoms with Gasteiger partial charge in [-0.3, -0.25) is 19.1 Å². The second-order valence-corrected chi connectivity index (χ2v) is 17.1. The van der Waals surface area contributed by atoms with Gasteiger partial charge in [-0.25, -0.2) is 18.2 Å². The number of nitrogens with one attached hydrogen (secondary N) is 3. The van der Waals surface area contributed by atoms with Crippen LogP contribution >= 0.6 is 0 Å². The lowest BCUT2D eigenvalue weighted by atomic mass is 10.1.